The van der Waals surface area contributed by atoms with Crippen LogP contribution in [0, 0.1) is 11.3 Å². The third kappa shape index (κ3) is 5.48. The number of amides is 1. The summed E-state index contributed by atoms with van der Waals surface area (Å²) in [6.45, 7) is 4.77. The SMILES string of the molecule is CC(C)c1ccc2c(n1)CNC2=O.N#Cc1ccc(OC2CCCCC2)cc1Cl. The summed E-state index contributed by atoms with van der Waals surface area (Å²) in [5.41, 5.74) is 3.16. The molecule has 152 valence electrons. The standard InChI is InChI=1S/C13H14ClNO.C10H12N2O/c14-13-8-12(7-6-10(13)9-15)16-11-4-2-1-3-5-11;1-6(2)8-4-3-7-9(12-8)5-11-10(7)13/h6-8,11H,1-5H2;3-4,6H,5H2,1-2H3,(H,11,13). The number of rotatable bonds is 3. The average molecular weight is 412 g/mol. The molecule has 1 N–H and O–H groups in total. The maximum atomic E-state index is 11.2. The first-order valence-electron chi connectivity index (χ1n) is 10.1. The highest BCUT2D eigenvalue weighted by atomic mass is 35.5. The van der Waals surface area contributed by atoms with Crippen LogP contribution in [0.25, 0.3) is 0 Å². The van der Waals surface area contributed by atoms with Gasteiger partial charge in [0.05, 0.1) is 34.5 Å². The Labute approximate surface area is 177 Å². The minimum atomic E-state index is -0.00203. The van der Waals surface area contributed by atoms with Crippen molar-refractivity contribution >= 4 is 17.5 Å². The number of carbonyl (C=O) groups is 1. The highest BCUT2D eigenvalue weighted by Crippen LogP contribution is 2.26. The summed E-state index contributed by atoms with van der Waals surface area (Å²) in [4.78, 5) is 15.6. The van der Waals surface area contributed by atoms with Crippen molar-refractivity contribution in [3.05, 3.63) is 57.9 Å². The maximum absolute atomic E-state index is 11.2. The maximum Gasteiger partial charge on any atom is 0.253 e. The Morgan fingerprint density at radius 3 is 2.62 bits per heavy atom. The Morgan fingerprint density at radius 1 is 1.21 bits per heavy atom. The minimum Gasteiger partial charge on any atom is -0.490 e. The van der Waals surface area contributed by atoms with E-state index in [2.05, 4.69) is 24.1 Å². The molecule has 1 aliphatic carbocycles. The van der Waals surface area contributed by atoms with Gasteiger partial charge in [0.1, 0.15) is 11.8 Å². The number of nitrogens with zero attached hydrogens (tertiary/aromatic N) is 2. The predicted molar refractivity (Wildman–Crippen MR) is 113 cm³/mol. The van der Waals surface area contributed by atoms with Crippen LogP contribution in [0.2, 0.25) is 5.02 Å². The first-order valence-corrected chi connectivity index (χ1v) is 10.5. The Kier molecular flexibility index (Phi) is 7.11. The summed E-state index contributed by atoms with van der Waals surface area (Å²) in [5.74, 6) is 1.19. The number of nitriles is 1. The van der Waals surface area contributed by atoms with Crippen molar-refractivity contribution in [2.75, 3.05) is 0 Å². The molecule has 0 unspecified atom stereocenters. The molecule has 6 heteroatoms. The second-order valence-corrected chi connectivity index (χ2v) is 8.11. The van der Waals surface area contributed by atoms with Crippen LogP contribution in [0.15, 0.2) is 30.3 Å². The summed E-state index contributed by atoms with van der Waals surface area (Å²) >= 11 is 5.94. The minimum absolute atomic E-state index is 0.00203. The van der Waals surface area contributed by atoms with Gasteiger partial charge in [-0.25, -0.2) is 0 Å². The zero-order valence-corrected chi connectivity index (χ0v) is 17.6. The smallest absolute Gasteiger partial charge is 0.253 e. The Morgan fingerprint density at radius 2 is 1.97 bits per heavy atom. The number of nitrogens with one attached hydrogen (secondary N) is 1. The molecular formula is C23H26ClN3O2. The normalized spacial score (nSPS) is 15.8. The van der Waals surface area contributed by atoms with E-state index in [1.807, 2.05) is 24.3 Å². The molecule has 1 saturated carbocycles. The molecule has 1 fully saturated rings. The van der Waals surface area contributed by atoms with E-state index in [1.165, 1.54) is 19.3 Å². The molecule has 1 aromatic heterocycles. The number of pyridine rings is 1. The van der Waals surface area contributed by atoms with E-state index in [0.29, 0.717) is 29.2 Å². The number of benzene rings is 1. The lowest BCUT2D eigenvalue weighted by molar-refractivity contribution is 0.0965. The van der Waals surface area contributed by atoms with Crippen LogP contribution in [0.1, 0.15) is 79.2 Å². The van der Waals surface area contributed by atoms with Gasteiger partial charge in [-0.2, -0.15) is 5.26 Å². The molecular weight excluding hydrogens is 386 g/mol. The van der Waals surface area contributed by atoms with Crippen molar-refractivity contribution in [1.82, 2.24) is 10.3 Å². The van der Waals surface area contributed by atoms with E-state index in [0.717, 1.165) is 35.5 Å². The highest BCUT2D eigenvalue weighted by Gasteiger charge is 2.20. The summed E-state index contributed by atoms with van der Waals surface area (Å²) in [7, 11) is 0. The second-order valence-electron chi connectivity index (χ2n) is 7.70. The molecule has 1 aliphatic heterocycles. The molecule has 0 bridgehead atoms. The van der Waals surface area contributed by atoms with E-state index >= 15 is 0 Å². The lowest BCUT2D eigenvalue weighted by Gasteiger charge is -2.23. The van der Waals surface area contributed by atoms with E-state index in [1.54, 1.807) is 12.1 Å². The van der Waals surface area contributed by atoms with Gasteiger partial charge in [0, 0.05) is 11.8 Å². The average Bonchev–Trinajstić information content (AvgIpc) is 3.10. The molecule has 0 atom stereocenters. The summed E-state index contributed by atoms with van der Waals surface area (Å²) < 4.78 is 5.84. The molecule has 1 amide bonds. The first-order chi connectivity index (χ1) is 14.0. The lowest BCUT2D eigenvalue weighted by Crippen LogP contribution is -2.19. The largest absolute Gasteiger partial charge is 0.490 e. The van der Waals surface area contributed by atoms with Gasteiger partial charge in [0.2, 0.25) is 0 Å². The van der Waals surface area contributed by atoms with Gasteiger partial charge in [-0.3, -0.25) is 9.78 Å². The number of fused-ring (bicyclic) bond motifs is 1. The molecule has 2 heterocycles. The fourth-order valence-electron chi connectivity index (χ4n) is 3.48. The van der Waals surface area contributed by atoms with Gasteiger partial charge in [-0.15, -0.1) is 0 Å². The van der Waals surface area contributed by atoms with Crippen LogP contribution in [0.3, 0.4) is 0 Å². The van der Waals surface area contributed by atoms with Crippen molar-refractivity contribution in [3.63, 3.8) is 0 Å². The zero-order valence-electron chi connectivity index (χ0n) is 16.9. The molecule has 2 aliphatic rings. The van der Waals surface area contributed by atoms with Crippen LogP contribution < -0.4 is 10.1 Å². The first kappa shape index (κ1) is 21.1. The molecule has 0 radical (unpaired) electrons. The van der Waals surface area contributed by atoms with Crippen LogP contribution in [-0.4, -0.2) is 17.0 Å². The van der Waals surface area contributed by atoms with Crippen LogP contribution >= 0.6 is 11.6 Å². The van der Waals surface area contributed by atoms with Crippen molar-refractivity contribution in [1.29, 1.82) is 5.26 Å². The predicted octanol–water partition coefficient (Wildman–Crippen LogP) is 5.37. The van der Waals surface area contributed by atoms with Gasteiger partial charge in [0.15, 0.2) is 0 Å². The van der Waals surface area contributed by atoms with Crippen molar-refractivity contribution in [2.45, 2.75) is 64.5 Å². The number of hydrogen-bond donors (Lipinski definition) is 1. The fraction of sp³-hybridized carbons (Fsp3) is 0.435. The van der Waals surface area contributed by atoms with Crippen LogP contribution in [-0.2, 0) is 6.54 Å². The van der Waals surface area contributed by atoms with Gasteiger partial charge < -0.3 is 10.1 Å². The number of aromatic nitrogens is 1. The summed E-state index contributed by atoms with van der Waals surface area (Å²) in [6.07, 6.45) is 6.37. The van der Waals surface area contributed by atoms with Crippen LogP contribution in [0.4, 0.5) is 0 Å². The highest BCUT2D eigenvalue weighted by molar-refractivity contribution is 6.31. The third-order valence-electron chi connectivity index (χ3n) is 5.16. The number of halogens is 1. The van der Waals surface area contributed by atoms with Crippen molar-refractivity contribution < 1.29 is 9.53 Å². The topological polar surface area (TPSA) is 75.0 Å². The Hall–Kier alpha value is -2.58. The fourth-order valence-corrected chi connectivity index (χ4v) is 3.69. The van der Waals surface area contributed by atoms with Gasteiger partial charge in [-0.1, -0.05) is 31.9 Å². The summed E-state index contributed by atoms with van der Waals surface area (Å²) in [5, 5.41) is 12.0. The van der Waals surface area contributed by atoms with E-state index in [4.69, 9.17) is 21.6 Å². The molecule has 1 aromatic carbocycles. The Balaban J connectivity index is 0.000000169. The third-order valence-corrected chi connectivity index (χ3v) is 5.48. The monoisotopic (exact) mass is 411 g/mol. The second kappa shape index (κ2) is 9.76. The Bertz CT molecular complexity index is 915. The van der Waals surface area contributed by atoms with Crippen LogP contribution in [0.5, 0.6) is 5.75 Å². The quantitative estimate of drug-likeness (QED) is 0.736. The van der Waals surface area contributed by atoms with Gasteiger partial charge >= 0.3 is 0 Å². The van der Waals surface area contributed by atoms with E-state index < -0.39 is 0 Å². The number of carbonyl (C=O) groups excluding carboxylic acids is 1. The van der Waals surface area contributed by atoms with E-state index in [9.17, 15) is 4.79 Å². The molecule has 5 nitrogen and oxygen atoms in total. The van der Waals surface area contributed by atoms with Gasteiger partial charge in [0.25, 0.3) is 5.91 Å². The molecule has 0 saturated heterocycles. The number of ether oxygens (including phenoxy) is 1. The molecule has 29 heavy (non-hydrogen) atoms. The lowest BCUT2D eigenvalue weighted by atomic mass is 9.98. The van der Waals surface area contributed by atoms with E-state index in [-0.39, 0.29) is 5.91 Å². The molecule has 4 rings (SSSR count). The number of hydrogen-bond acceptors (Lipinski definition) is 4. The summed E-state index contributed by atoms with van der Waals surface area (Å²) in [6, 6.07) is 11.1. The zero-order chi connectivity index (χ0) is 20.8. The molecule has 2 aromatic rings. The molecule has 0 spiro atoms. The van der Waals surface area contributed by atoms with Gasteiger partial charge in [-0.05, 0) is 55.9 Å². The van der Waals surface area contributed by atoms with Crippen molar-refractivity contribution in [2.24, 2.45) is 0 Å². The van der Waals surface area contributed by atoms with Crippen molar-refractivity contribution in [3.8, 4) is 11.8 Å².